The van der Waals surface area contributed by atoms with Crippen LogP contribution in [0.4, 0.5) is 9.18 Å². The van der Waals surface area contributed by atoms with E-state index in [1.54, 1.807) is 26.0 Å². The van der Waals surface area contributed by atoms with Crippen LogP contribution in [0.25, 0.3) is 0 Å². The van der Waals surface area contributed by atoms with Gasteiger partial charge in [-0.2, -0.15) is 0 Å². The van der Waals surface area contributed by atoms with Gasteiger partial charge >= 0.3 is 6.09 Å². The van der Waals surface area contributed by atoms with Crippen molar-refractivity contribution in [1.82, 2.24) is 10.6 Å². The van der Waals surface area contributed by atoms with Gasteiger partial charge in [-0.15, -0.1) is 0 Å². The Labute approximate surface area is 130 Å². The average molecular weight is 310 g/mol. The maximum Gasteiger partial charge on any atom is 0.407 e. The molecule has 0 saturated heterocycles. The number of benzene rings is 1. The van der Waals surface area contributed by atoms with E-state index in [4.69, 9.17) is 4.74 Å². The summed E-state index contributed by atoms with van der Waals surface area (Å²) >= 11 is 0. The number of carbonyl (C=O) groups is 2. The number of ether oxygens (including phenoxy) is 1. The zero-order valence-electron chi connectivity index (χ0n) is 13.4. The lowest BCUT2D eigenvalue weighted by molar-refractivity contribution is -0.124. The van der Waals surface area contributed by atoms with Crippen LogP contribution < -0.4 is 10.6 Å². The maximum absolute atomic E-state index is 12.9. The summed E-state index contributed by atoms with van der Waals surface area (Å²) in [5.74, 6) is -0.726. The molecule has 0 saturated carbocycles. The molecule has 0 spiro atoms. The van der Waals surface area contributed by atoms with Crippen molar-refractivity contribution in [2.75, 3.05) is 6.61 Å². The first-order chi connectivity index (χ1) is 10.3. The van der Waals surface area contributed by atoms with Crippen molar-refractivity contribution in [3.05, 3.63) is 35.6 Å². The van der Waals surface area contributed by atoms with E-state index in [1.165, 1.54) is 12.1 Å². The molecule has 0 aliphatic rings. The monoisotopic (exact) mass is 310 g/mol. The highest BCUT2D eigenvalue weighted by atomic mass is 19.1. The smallest absolute Gasteiger partial charge is 0.407 e. The number of carbonyl (C=O) groups excluding carboxylic acids is 2. The number of halogens is 1. The Morgan fingerprint density at radius 2 is 1.73 bits per heavy atom. The molecule has 1 aromatic carbocycles. The molecular weight excluding hydrogens is 287 g/mol. The molecule has 6 heteroatoms. The summed E-state index contributed by atoms with van der Waals surface area (Å²) in [5.41, 5.74) is 0.786. The van der Waals surface area contributed by atoms with Crippen LogP contribution in [0.1, 0.15) is 39.3 Å². The Morgan fingerprint density at radius 1 is 1.14 bits per heavy atom. The van der Waals surface area contributed by atoms with Crippen molar-refractivity contribution in [2.45, 2.75) is 39.8 Å². The lowest BCUT2D eigenvalue weighted by atomic mass is 10.0. The molecule has 0 aliphatic heterocycles. The normalized spacial score (nSPS) is 13.4. The highest BCUT2D eigenvalue weighted by Gasteiger charge is 2.25. The van der Waals surface area contributed by atoms with E-state index in [0.29, 0.717) is 0 Å². The third-order valence-corrected chi connectivity index (χ3v) is 3.23. The minimum atomic E-state index is -0.693. The molecule has 0 bridgehead atoms. The second-order valence-corrected chi connectivity index (χ2v) is 5.37. The molecule has 1 rings (SSSR count). The number of hydrogen-bond acceptors (Lipinski definition) is 3. The maximum atomic E-state index is 12.9. The summed E-state index contributed by atoms with van der Waals surface area (Å²) in [5, 5.41) is 5.36. The fourth-order valence-corrected chi connectivity index (χ4v) is 1.97. The summed E-state index contributed by atoms with van der Waals surface area (Å²) in [6, 6.07) is 4.93. The van der Waals surface area contributed by atoms with Gasteiger partial charge in [0.15, 0.2) is 0 Å². The van der Waals surface area contributed by atoms with Crippen LogP contribution in [-0.2, 0) is 9.53 Å². The first-order valence-corrected chi connectivity index (χ1v) is 7.34. The summed E-state index contributed by atoms with van der Waals surface area (Å²) in [6.07, 6.45) is -0.620. The fourth-order valence-electron chi connectivity index (χ4n) is 1.97. The van der Waals surface area contributed by atoms with Crippen LogP contribution in [0.5, 0.6) is 0 Å². The Bertz CT molecular complexity index is 503. The molecule has 2 atom stereocenters. The summed E-state index contributed by atoms with van der Waals surface area (Å²) in [6.45, 7) is 7.40. The van der Waals surface area contributed by atoms with Gasteiger partial charge in [-0.25, -0.2) is 9.18 Å². The third kappa shape index (κ3) is 5.35. The Balaban J connectivity index is 2.70. The molecule has 2 N–H and O–H groups in total. The van der Waals surface area contributed by atoms with Crippen LogP contribution >= 0.6 is 0 Å². The number of nitrogens with one attached hydrogen (secondary N) is 2. The number of rotatable bonds is 6. The van der Waals surface area contributed by atoms with E-state index in [2.05, 4.69) is 10.6 Å². The van der Waals surface area contributed by atoms with Gasteiger partial charge in [-0.3, -0.25) is 4.79 Å². The molecule has 122 valence electrons. The summed E-state index contributed by atoms with van der Waals surface area (Å²) < 4.78 is 17.7. The van der Waals surface area contributed by atoms with Gasteiger partial charge in [0, 0.05) is 0 Å². The van der Waals surface area contributed by atoms with E-state index in [0.717, 1.165) is 5.56 Å². The zero-order chi connectivity index (χ0) is 16.7. The average Bonchev–Trinajstić information content (AvgIpc) is 2.45. The molecule has 22 heavy (non-hydrogen) atoms. The van der Waals surface area contributed by atoms with Gasteiger partial charge in [0.2, 0.25) is 5.91 Å². The highest BCUT2D eigenvalue weighted by molar-refractivity contribution is 5.86. The fraction of sp³-hybridized carbons (Fsp3) is 0.500. The van der Waals surface area contributed by atoms with Crippen molar-refractivity contribution < 1.29 is 18.7 Å². The van der Waals surface area contributed by atoms with Gasteiger partial charge in [0.05, 0.1) is 12.6 Å². The van der Waals surface area contributed by atoms with Crippen molar-refractivity contribution in [3.8, 4) is 0 Å². The minimum Gasteiger partial charge on any atom is -0.450 e. The molecule has 2 amide bonds. The molecular formula is C16H23FN2O3. The van der Waals surface area contributed by atoms with Crippen LogP contribution in [0, 0.1) is 11.7 Å². The van der Waals surface area contributed by atoms with Gasteiger partial charge in [-0.05, 0) is 37.5 Å². The molecule has 0 fully saturated rings. The first-order valence-electron chi connectivity index (χ1n) is 7.34. The number of hydrogen-bond donors (Lipinski definition) is 2. The van der Waals surface area contributed by atoms with E-state index >= 15 is 0 Å². The number of amides is 2. The summed E-state index contributed by atoms with van der Waals surface area (Å²) in [4.78, 5) is 23.8. The highest BCUT2D eigenvalue weighted by Crippen LogP contribution is 2.14. The standard InChI is InChI=1S/C16H23FN2O3/c1-5-22-16(21)19-14(10(2)3)15(20)18-11(4)12-6-8-13(17)9-7-12/h6-11,14H,5H2,1-4H3,(H,18,20)(H,19,21)/t11-,14+/m1/s1. The lowest BCUT2D eigenvalue weighted by Crippen LogP contribution is -2.50. The van der Waals surface area contributed by atoms with E-state index in [9.17, 15) is 14.0 Å². The second-order valence-electron chi connectivity index (χ2n) is 5.37. The molecule has 0 aliphatic carbocycles. The SMILES string of the molecule is CCOC(=O)N[C@H](C(=O)N[C@H](C)c1ccc(F)cc1)C(C)C. The Kier molecular flexibility index (Phi) is 6.82. The van der Waals surface area contributed by atoms with Crippen molar-refractivity contribution >= 4 is 12.0 Å². The van der Waals surface area contributed by atoms with Crippen molar-refractivity contribution in [1.29, 1.82) is 0 Å². The van der Waals surface area contributed by atoms with E-state index < -0.39 is 12.1 Å². The first kappa shape index (κ1) is 17.9. The Morgan fingerprint density at radius 3 is 2.23 bits per heavy atom. The van der Waals surface area contributed by atoms with E-state index in [-0.39, 0.29) is 30.3 Å². The molecule has 5 nitrogen and oxygen atoms in total. The van der Waals surface area contributed by atoms with Gasteiger partial charge in [-0.1, -0.05) is 26.0 Å². The van der Waals surface area contributed by atoms with Crippen molar-refractivity contribution in [3.63, 3.8) is 0 Å². The van der Waals surface area contributed by atoms with Crippen LogP contribution in [0.15, 0.2) is 24.3 Å². The van der Waals surface area contributed by atoms with Crippen LogP contribution in [-0.4, -0.2) is 24.6 Å². The predicted molar refractivity (Wildman–Crippen MR) is 81.7 cm³/mol. The topological polar surface area (TPSA) is 67.4 Å². The largest absolute Gasteiger partial charge is 0.450 e. The number of alkyl carbamates (subject to hydrolysis) is 1. The zero-order valence-corrected chi connectivity index (χ0v) is 13.4. The lowest BCUT2D eigenvalue weighted by Gasteiger charge is -2.23. The molecule has 0 aromatic heterocycles. The van der Waals surface area contributed by atoms with Gasteiger partial charge in [0.1, 0.15) is 11.9 Å². The van der Waals surface area contributed by atoms with Gasteiger partial charge < -0.3 is 15.4 Å². The third-order valence-electron chi connectivity index (χ3n) is 3.23. The minimum absolute atomic E-state index is 0.0928. The van der Waals surface area contributed by atoms with Crippen LogP contribution in [0.2, 0.25) is 0 Å². The quantitative estimate of drug-likeness (QED) is 0.849. The molecule has 0 heterocycles. The van der Waals surface area contributed by atoms with E-state index in [1.807, 2.05) is 13.8 Å². The molecule has 0 unspecified atom stereocenters. The summed E-state index contributed by atoms with van der Waals surface area (Å²) in [7, 11) is 0. The Hall–Kier alpha value is -2.11. The molecule has 1 aromatic rings. The molecule has 0 radical (unpaired) electrons. The second kappa shape index (κ2) is 8.36. The van der Waals surface area contributed by atoms with Gasteiger partial charge in [0.25, 0.3) is 0 Å². The predicted octanol–water partition coefficient (Wildman–Crippen LogP) is 2.77. The van der Waals surface area contributed by atoms with Crippen LogP contribution in [0.3, 0.4) is 0 Å². The van der Waals surface area contributed by atoms with Crippen molar-refractivity contribution in [2.24, 2.45) is 5.92 Å².